The minimum absolute atomic E-state index is 0.145. The molecule has 3 aromatic heterocycles. The second-order valence-electron chi connectivity index (χ2n) is 6.59. The quantitative estimate of drug-likeness (QED) is 0.126. The van der Waals surface area contributed by atoms with Crippen LogP contribution in [-0.2, 0) is 4.79 Å². The van der Waals surface area contributed by atoms with Gasteiger partial charge in [0.2, 0.25) is 17.0 Å². The number of amides is 1. The molecular formula is C21H20N8OS3. The molecule has 0 aliphatic heterocycles. The van der Waals surface area contributed by atoms with E-state index in [9.17, 15) is 4.79 Å². The molecule has 12 heteroatoms. The largest absolute Gasteiger partial charge is 0.325 e. The number of carbonyl (C=O) groups is 1. The number of anilines is 2. The number of nitrogens with zero attached hydrogens (tertiary/aromatic N) is 5. The Labute approximate surface area is 202 Å². The van der Waals surface area contributed by atoms with Gasteiger partial charge in [-0.3, -0.25) is 9.78 Å². The molecule has 0 fully saturated rings. The van der Waals surface area contributed by atoms with Crippen LogP contribution in [0.1, 0.15) is 12.6 Å². The number of thiazole rings is 1. The number of thioether (sulfide) groups is 2. The summed E-state index contributed by atoms with van der Waals surface area (Å²) in [5.41, 5.74) is 5.94. The highest BCUT2D eigenvalue weighted by Gasteiger charge is 2.10. The Kier molecular flexibility index (Phi) is 7.70. The molecule has 1 amide bonds. The molecule has 33 heavy (non-hydrogen) atoms. The third-order valence-electron chi connectivity index (χ3n) is 4.14. The van der Waals surface area contributed by atoms with Crippen molar-refractivity contribution in [1.29, 1.82) is 0 Å². The van der Waals surface area contributed by atoms with Gasteiger partial charge in [-0.2, -0.15) is 10.1 Å². The zero-order chi connectivity index (χ0) is 23.0. The Balaban J connectivity index is 1.28. The maximum absolute atomic E-state index is 12.4. The third-order valence-corrected chi connectivity index (χ3v) is 7.14. The van der Waals surface area contributed by atoms with Crippen LogP contribution in [0, 0.1) is 0 Å². The van der Waals surface area contributed by atoms with Crippen LogP contribution < -0.4 is 10.7 Å². The van der Waals surface area contributed by atoms with E-state index in [-0.39, 0.29) is 11.7 Å². The molecule has 0 radical (unpaired) electrons. The van der Waals surface area contributed by atoms with Crippen molar-refractivity contribution in [3.8, 4) is 0 Å². The minimum atomic E-state index is -0.145. The van der Waals surface area contributed by atoms with Crippen molar-refractivity contribution >= 4 is 68.3 Å². The van der Waals surface area contributed by atoms with Crippen molar-refractivity contribution in [2.24, 2.45) is 5.10 Å². The summed E-state index contributed by atoms with van der Waals surface area (Å²) < 4.78 is 2.01. The van der Waals surface area contributed by atoms with Gasteiger partial charge < -0.3 is 5.32 Å². The van der Waals surface area contributed by atoms with Gasteiger partial charge >= 0.3 is 0 Å². The predicted molar refractivity (Wildman–Crippen MR) is 136 cm³/mol. The van der Waals surface area contributed by atoms with Crippen LogP contribution >= 0.6 is 34.9 Å². The van der Waals surface area contributed by atoms with Crippen molar-refractivity contribution < 1.29 is 4.79 Å². The second-order valence-corrected chi connectivity index (χ2v) is 9.83. The fraction of sp³-hybridized carbons (Fsp3) is 0.143. The molecule has 0 bridgehead atoms. The Bertz CT molecular complexity index is 1290. The summed E-state index contributed by atoms with van der Waals surface area (Å²) >= 11 is 4.47. The van der Waals surface area contributed by atoms with E-state index < -0.39 is 0 Å². The van der Waals surface area contributed by atoms with Crippen LogP contribution in [0.5, 0.6) is 0 Å². The number of benzene rings is 1. The number of rotatable bonds is 10. The molecule has 1 aromatic carbocycles. The summed E-state index contributed by atoms with van der Waals surface area (Å²) in [6.45, 7) is 5.57. The Hall–Kier alpha value is -3.22. The highest BCUT2D eigenvalue weighted by Crippen LogP contribution is 2.31. The maximum atomic E-state index is 12.4. The number of fused-ring (bicyclic) bond motifs is 1. The Morgan fingerprint density at radius 2 is 2.18 bits per heavy atom. The van der Waals surface area contributed by atoms with Crippen LogP contribution in [0.2, 0.25) is 0 Å². The topological polar surface area (TPSA) is 121 Å². The summed E-state index contributed by atoms with van der Waals surface area (Å²) in [6.07, 6.45) is 3.56. The summed E-state index contributed by atoms with van der Waals surface area (Å²) in [5.74, 6) is 1.23. The number of H-pyrrole nitrogens is 1. The number of aromatic nitrogens is 5. The number of hydrogen-bond acceptors (Lipinski definition) is 10. The zero-order valence-electron chi connectivity index (χ0n) is 17.6. The number of aromatic amines is 1. The van der Waals surface area contributed by atoms with Crippen LogP contribution in [0.15, 0.2) is 69.8 Å². The van der Waals surface area contributed by atoms with Gasteiger partial charge in [0.15, 0.2) is 4.34 Å². The smallest absolute Gasteiger partial charge is 0.240 e. The first-order valence-corrected chi connectivity index (χ1v) is 12.6. The second kappa shape index (κ2) is 11.1. The van der Waals surface area contributed by atoms with Gasteiger partial charge in [-0.1, -0.05) is 35.7 Å². The van der Waals surface area contributed by atoms with E-state index in [0.29, 0.717) is 16.8 Å². The third kappa shape index (κ3) is 6.40. The molecular weight excluding hydrogens is 476 g/mol. The number of carbonyl (C=O) groups excluding carboxylic acids is 1. The molecule has 4 aromatic rings. The summed E-state index contributed by atoms with van der Waals surface area (Å²) in [6, 6.07) is 11.3. The lowest BCUT2D eigenvalue weighted by atomic mass is 10.3. The standard InChI is InChI=1S/C21H20N8OS3/c1-3-10-31-21-24-16-8-7-14(11-17(16)33-21)23-18(30)12-32-20-25-19(28-29-20)27-26-13(2)15-6-4-5-9-22-15/h3-9,11H,1,10,12H2,2H3,(H,23,30)(H2,25,27,28,29). The average molecular weight is 497 g/mol. The molecule has 3 heterocycles. The Morgan fingerprint density at radius 3 is 3.00 bits per heavy atom. The fourth-order valence-corrected chi connectivity index (χ4v) is 5.10. The van der Waals surface area contributed by atoms with Gasteiger partial charge in [-0.05, 0) is 37.3 Å². The average Bonchev–Trinajstić information content (AvgIpc) is 3.46. The van der Waals surface area contributed by atoms with Crippen molar-refractivity contribution in [3.05, 3.63) is 60.9 Å². The molecule has 3 N–H and O–H groups in total. The lowest BCUT2D eigenvalue weighted by molar-refractivity contribution is -0.113. The van der Waals surface area contributed by atoms with Gasteiger partial charge in [-0.25, -0.2) is 15.5 Å². The molecule has 0 atom stereocenters. The molecule has 0 saturated carbocycles. The molecule has 9 nitrogen and oxygen atoms in total. The minimum Gasteiger partial charge on any atom is -0.325 e. The van der Waals surface area contributed by atoms with Crippen LogP contribution in [0.25, 0.3) is 10.2 Å². The van der Waals surface area contributed by atoms with Gasteiger partial charge in [0.25, 0.3) is 0 Å². The van der Waals surface area contributed by atoms with Gasteiger partial charge in [0.1, 0.15) is 0 Å². The summed E-state index contributed by atoms with van der Waals surface area (Å²) in [4.78, 5) is 25.5. The van der Waals surface area contributed by atoms with Gasteiger partial charge in [-0.15, -0.1) is 23.0 Å². The first kappa shape index (κ1) is 23.0. The first-order chi connectivity index (χ1) is 16.1. The molecule has 0 unspecified atom stereocenters. The van der Waals surface area contributed by atoms with Gasteiger partial charge in [0, 0.05) is 17.6 Å². The van der Waals surface area contributed by atoms with E-state index in [1.165, 1.54) is 11.8 Å². The highest BCUT2D eigenvalue weighted by molar-refractivity contribution is 8.01. The normalized spacial score (nSPS) is 11.5. The van der Waals surface area contributed by atoms with Crippen LogP contribution in [0.4, 0.5) is 11.6 Å². The SMILES string of the molecule is C=CCSc1nc2ccc(NC(=O)CSc3n[nH]c(NN=C(C)c4ccccn4)n3)cc2s1. The van der Waals surface area contributed by atoms with E-state index >= 15 is 0 Å². The van der Waals surface area contributed by atoms with E-state index in [4.69, 9.17) is 0 Å². The highest BCUT2D eigenvalue weighted by atomic mass is 32.2. The van der Waals surface area contributed by atoms with Crippen LogP contribution in [0.3, 0.4) is 0 Å². The fourth-order valence-electron chi connectivity index (χ4n) is 2.63. The number of hydrogen-bond donors (Lipinski definition) is 3. The molecule has 0 aliphatic rings. The van der Waals surface area contributed by atoms with Crippen molar-refractivity contribution in [1.82, 2.24) is 25.1 Å². The van der Waals surface area contributed by atoms with Crippen LogP contribution in [-0.4, -0.2) is 48.3 Å². The van der Waals surface area contributed by atoms with Gasteiger partial charge in [0.05, 0.1) is 27.4 Å². The van der Waals surface area contributed by atoms with Crippen molar-refractivity contribution in [2.45, 2.75) is 16.4 Å². The van der Waals surface area contributed by atoms with E-state index in [2.05, 4.69) is 47.6 Å². The lowest BCUT2D eigenvalue weighted by Gasteiger charge is -2.03. The van der Waals surface area contributed by atoms with E-state index in [1.807, 2.05) is 49.4 Å². The number of hydrazone groups is 1. The molecule has 168 valence electrons. The molecule has 4 rings (SSSR count). The number of nitrogens with one attached hydrogen (secondary N) is 3. The first-order valence-electron chi connectivity index (χ1n) is 9.82. The predicted octanol–water partition coefficient (Wildman–Crippen LogP) is 4.65. The summed E-state index contributed by atoms with van der Waals surface area (Å²) in [5, 5.41) is 14.5. The van der Waals surface area contributed by atoms with E-state index in [0.717, 1.165) is 31.7 Å². The monoisotopic (exact) mass is 496 g/mol. The number of pyridine rings is 1. The summed E-state index contributed by atoms with van der Waals surface area (Å²) in [7, 11) is 0. The maximum Gasteiger partial charge on any atom is 0.240 e. The van der Waals surface area contributed by atoms with E-state index in [1.54, 1.807) is 29.3 Å². The molecule has 0 spiro atoms. The zero-order valence-corrected chi connectivity index (χ0v) is 20.1. The molecule has 0 saturated heterocycles. The van der Waals surface area contributed by atoms with Crippen molar-refractivity contribution in [2.75, 3.05) is 22.2 Å². The Morgan fingerprint density at radius 1 is 1.27 bits per heavy atom. The molecule has 0 aliphatic carbocycles. The van der Waals surface area contributed by atoms with Crippen molar-refractivity contribution in [3.63, 3.8) is 0 Å². The lowest BCUT2D eigenvalue weighted by Crippen LogP contribution is -2.14.